The van der Waals surface area contributed by atoms with E-state index < -0.39 is 0 Å². The molecule has 0 aliphatic rings. The van der Waals surface area contributed by atoms with Crippen molar-refractivity contribution in [2.75, 3.05) is 6.54 Å². The molecule has 0 aliphatic carbocycles. The van der Waals surface area contributed by atoms with Crippen LogP contribution in [0.25, 0.3) is 11.3 Å². The van der Waals surface area contributed by atoms with E-state index in [0.29, 0.717) is 6.54 Å². The standard InChI is InChI=1S/C15H19BrN4O/c1-10(2)19-15(21)9-17-8-14-18-7-13(20-14)11-4-3-5-12(16)6-11/h3-7,10,17H,8-9H2,1-2H3,(H,18,20)(H,19,21). The van der Waals surface area contributed by atoms with Crippen LogP contribution in [0.15, 0.2) is 34.9 Å². The van der Waals surface area contributed by atoms with E-state index in [1.807, 2.05) is 38.1 Å². The lowest BCUT2D eigenvalue weighted by molar-refractivity contribution is -0.120. The first kappa shape index (κ1) is 15.7. The summed E-state index contributed by atoms with van der Waals surface area (Å²) in [5.41, 5.74) is 2.03. The summed E-state index contributed by atoms with van der Waals surface area (Å²) in [5.74, 6) is 0.797. The van der Waals surface area contributed by atoms with Crippen molar-refractivity contribution < 1.29 is 4.79 Å². The first-order chi connectivity index (χ1) is 10.0. The molecule has 0 saturated heterocycles. The first-order valence-electron chi connectivity index (χ1n) is 6.84. The molecule has 0 radical (unpaired) electrons. The summed E-state index contributed by atoms with van der Waals surface area (Å²) in [6, 6.07) is 8.17. The van der Waals surface area contributed by atoms with Gasteiger partial charge >= 0.3 is 0 Å². The number of nitrogens with zero attached hydrogens (tertiary/aromatic N) is 1. The van der Waals surface area contributed by atoms with Gasteiger partial charge in [0, 0.05) is 16.1 Å². The summed E-state index contributed by atoms with van der Waals surface area (Å²) in [5, 5.41) is 5.90. The van der Waals surface area contributed by atoms with Crippen LogP contribution < -0.4 is 10.6 Å². The van der Waals surface area contributed by atoms with Gasteiger partial charge < -0.3 is 15.6 Å². The van der Waals surface area contributed by atoms with Crippen LogP contribution in [0.1, 0.15) is 19.7 Å². The molecule has 0 spiro atoms. The predicted molar refractivity (Wildman–Crippen MR) is 86.7 cm³/mol. The normalized spacial score (nSPS) is 10.9. The molecule has 2 aromatic rings. The van der Waals surface area contributed by atoms with Crippen LogP contribution in [0.2, 0.25) is 0 Å². The molecule has 112 valence electrons. The average Bonchev–Trinajstić information content (AvgIpc) is 2.86. The lowest BCUT2D eigenvalue weighted by Crippen LogP contribution is -2.37. The zero-order chi connectivity index (χ0) is 15.2. The van der Waals surface area contributed by atoms with Crippen molar-refractivity contribution in [2.45, 2.75) is 26.4 Å². The molecule has 1 heterocycles. The van der Waals surface area contributed by atoms with Crippen LogP contribution in [0, 0.1) is 0 Å². The van der Waals surface area contributed by atoms with E-state index >= 15 is 0 Å². The van der Waals surface area contributed by atoms with Crippen LogP contribution in [0.3, 0.4) is 0 Å². The minimum Gasteiger partial charge on any atom is -0.353 e. The zero-order valence-corrected chi connectivity index (χ0v) is 13.7. The Morgan fingerprint density at radius 1 is 1.43 bits per heavy atom. The SMILES string of the molecule is CC(C)NC(=O)CNCc1ncc(-c2cccc(Br)c2)[nH]1. The highest BCUT2D eigenvalue weighted by Crippen LogP contribution is 2.21. The van der Waals surface area contributed by atoms with Gasteiger partial charge in [-0.25, -0.2) is 4.98 Å². The number of hydrogen-bond acceptors (Lipinski definition) is 3. The maximum Gasteiger partial charge on any atom is 0.234 e. The Kier molecular flexibility index (Phi) is 5.52. The third-order valence-electron chi connectivity index (χ3n) is 2.79. The Hall–Kier alpha value is -1.66. The molecule has 2 rings (SSSR count). The van der Waals surface area contributed by atoms with Crippen LogP contribution in [0.5, 0.6) is 0 Å². The van der Waals surface area contributed by atoms with Crippen molar-refractivity contribution in [3.8, 4) is 11.3 Å². The number of halogens is 1. The van der Waals surface area contributed by atoms with Gasteiger partial charge in [0.1, 0.15) is 5.82 Å². The highest BCUT2D eigenvalue weighted by Gasteiger charge is 2.05. The fourth-order valence-electron chi connectivity index (χ4n) is 1.92. The largest absolute Gasteiger partial charge is 0.353 e. The van der Waals surface area contributed by atoms with Crippen LogP contribution in [0.4, 0.5) is 0 Å². The second kappa shape index (κ2) is 7.38. The predicted octanol–water partition coefficient (Wildman–Crippen LogP) is 2.45. The molecule has 0 saturated carbocycles. The number of carbonyl (C=O) groups is 1. The molecular formula is C15H19BrN4O. The average molecular weight is 351 g/mol. The van der Waals surface area contributed by atoms with Gasteiger partial charge in [0.05, 0.1) is 25.0 Å². The summed E-state index contributed by atoms with van der Waals surface area (Å²) in [6.45, 7) is 4.69. The second-order valence-corrected chi connectivity index (χ2v) is 6.00. The summed E-state index contributed by atoms with van der Waals surface area (Å²) in [7, 11) is 0. The third-order valence-corrected chi connectivity index (χ3v) is 3.28. The fraction of sp³-hybridized carbons (Fsp3) is 0.333. The molecule has 0 fully saturated rings. The van der Waals surface area contributed by atoms with Gasteiger partial charge in [-0.15, -0.1) is 0 Å². The summed E-state index contributed by atoms with van der Waals surface area (Å²) in [6.07, 6.45) is 1.80. The summed E-state index contributed by atoms with van der Waals surface area (Å²) in [4.78, 5) is 19.1. The minimum absolute atomic E-state index is 0.0104. The summed E-state index contributed by atoms with van der Waals surface area (Å²) < 4.78 is 1.03. The monoisotopic (exact) mass is 350 g/mol. The van der Waals surface area contributed by atoms with Crippen molar-refractivity contribution in [2.24, 2.45) is 0 Å². The Morgan fingerprint density at radius 3 is 2.95 bits per heavy atom. The van der Waals surface area contributed by atoms with E-state index in [9.17, 15) is 4.79 Å². The molecular weight excluding hydrogens is 332 g/mol. The minimum atomic E-state index is -0.0104. The van der Waals surface area contributed by atoms with E-state index in [0.717, 1.165) is 21.6 Å². The van der Waals surface area contributed by atoms with Crippen molar-refractivity contribution >= 4 is 21.8 Å². The molecule has 5 nitrogen and oxygen atoms in total. The van der Waals surface area contributed by atoms with Gasteiger partial charge in [0.15, 0.2) is 0 Å². The van der Waals surface area contributed by atoms with Crippen molar-refractivity contribution in [1.29, 1.82) is 0 Å². The van der Waals surface area contributed by atoms with Crippen LogP contribution in [-0.2, 0) is 11.3 Å². The van der Waals surface area contributed by atoms with Gasteiger partial charge in [-0.1, -0.05) is 28.1 Å². The van der Waals surface area contributed by atoms with Crippen molar-refractivity contribution in [1.82, 2.24) is 20.6 Å². The fourth-order valence-corrected chi connectivity index (χ4v) is 2.32. The maximum absolute atomic E-state index is 11.5. The maximum atomic E-state index is 11.5. The molecule has 0 bridgehead atoms. The van der Waals surface area contributed by atoms with E-state index in [-0.39, 0.29) is 18.5 Å². The Morgan fingerprint density at radius 2 is 2.24 bits per heavy atom. The van der Waals surface area contributed by atoms with Gasteiger partial charge in [0.25, 0.3) is 0 Å². The molecule has 3 N–H and O–H groups in total. The second-order valence-electron chi connectivity index (χ2n) is 5.08. The van der Waals surface area contributed by atoms with Gasteiger partial charge in [0.2, 0.25) is 5.91 Å². The van der Waals surface area contributed by atoms with Crippen molar-refractivity contribution in [3.63, 3.8) is 0 Å². The lowest BCUT2D eigenvalue weighted by Gasteiger charge is -2.08. The number of hydrogen-bond donors (Lipinski definition) is 3. The van der Waals surface area contributed by atoms with E-state index in [2.05, 4.69) is 36.5 Å². The molecule has 0 atom stereocenters. The molecule has 1 aromatic heterocycles. The number of benzene rings is 1. The number of rotatable bonds is 6. The topological polar surface area (TPSA) is 69.8 Å². The Bertz CT molecular complexity index is 609. The Labute approximate surface area is 132 Å². The molecule has 0 aliphatic heterocycles. The highest BCUT2D eigenvalue weighted by atomic mass is 79.9. The molecule has 21 heavy (non-hydrogen) atoms. The molecule has 6 heteroatoms. The van der Waals surface area contributed by atoms with Crippen molar-refractivity contribution in [3.05, 3.63) is 40.8 Å². The highest BCUT2D eigenvalue weighted by molar-refractivity contribution is 9.10. The number of nitrogens with one attached hydrogen (secondary N) is 3. The van der Waals surface area contributed by atoms with Crippen LogP contribution >= 0.6 is 15.9 Å². The number of aromatic amines is 1. The number of H-pyrrole nitrogens is 1. The number of aromatic nitrogens is 2. The van der Waals surface area contributed by atoms with Gasteiger partial charge in [-0.05, 0) is 26.0 Å². The third kappa shape index (κ3) is 4.99. The molecule has 1 amide bonds. The van der Waals surface area contributed by atoms with Crippen LogP contribution in [-0.4, -0.2) is 28.5 Å². The molecule has 0 unspecified atom stereocenters. The lowest BCUT2D eigenvalue weighted by atomic mass is 10.2. The quantitative estimate of drug-likeness (QED) is 0.749. The smallest absolute Gasteiger partial charge is 0.234 e. The zero-order valence-electron chi connectivity index (χ0n) is 12.1. The van der Waals surface area contributed by atoms with E-state index in [1.54, 1.807) is 6.20 Å². The first-order valence-corrected chi connectivity index (χ1v) is 7.64. The van der Waals surface area contributed by atoms with E-state index in [1.165, 1.54) is 0 Å². The van der Waals surface area contributed by atoms with Gasteiger partial charge in [-0.2, -0.15) is 0 Å². The number of carbonyl (C=O) groups excluding carboxylic acids is 1. The summed E-state index contributed by atoms with van der Waals surface area (Å²) >= 11 is 3.45. The Balaban J connectivity index is 1.88. The number of amides is 1. The van der Waals surface area contributed by atoms with E-state index in [4.69, 9.17) is 0 Å². The number of imidazole rings is 1. The molecule has 1 aromatic carbocycles. The van der Waals surface area contributed by atoms with Gasteiger partial charge in [-0.3, -0.25) is 4.79 Å².